The first kappa shape index (κ1) is 17.6. The average molecular weight is 357 g/mol. The molecular weight excluding hydrogens is 334 g/mol. The molecule has 0 spiro atoms. The fourth-order valence-corrected chi connectivity index (χ4v) is 3.91. The Balaban J connectivity index is 1.64. The minimum absolute atomic E-state index is 0.0802. The smallest absolute Gasteiger partial charge is 0.263 e. The number of thiazole rings is 1. The van der Waals surface area contributed by atoms with Gasteiger partial charge in [-0.25, -0.2) is 4.98 Å². The number of aryl methyl sites for hydroxylation is 2. The van der Waals surface area contributed by atoms with E-state index < -0.39 is 0 Å². The molecule has 0 bridgehead atoms. The van der Waals surface area contributed by atoms with Crippen molar-refractivity contribution in [1.82, 2.24) is 15.2 Å². The summed E-state index contributed by atoms with van der Waals surface area (Å²) in [6.45, 7) is 5.97. The SMILES string of the molecule is CCc1nc(C)c(C(=O)NCc2cccc(C(=O)N3CCCC3)c2)s1. The number of hydrogen-bond donors (Lipinski definition) is 1. The molecule has 1 aromatic carbocycles. The Morgan fingerprint density at radius 1 is 1.28 bits per heavy atom. The first-order valence-electron chi connectivity index (χ1n) is 8.71. The number of benzene rings is 1. The second-order valence-electron chi connectivity index (χ2n) is 6.26. The number of carbonyl (C=O) groups excluding carboxylic acids is 2. The number of hydrogen-bond acceptors (Lipinski definition) is 4. The normalized spacial score (nSPS) is 13.9. The zero-order valence-corrected chi connectivity index (χ0v) is 15.5. The third-order valence-corrected chi connectivity index (χ3v) is 5.67. The molecule has 1 N–H and O–H groups in total. The van der Waals surface area contributed by atoms with Crippen molar-refractivity contribution < 1.29 is 9.59 Å². The van der Waals surface area contributed by atoms with Gasteiger partial charge in [0.15, 0.2) is 0 Å². The van der Waals surface area contributed by atoms with Crippen LogP contribution < -0.4 is 5.32 Å². The van der Waals surface area contributed by atoms with Crippen LogP contribution in [0.5, 0.6) is 0 Å². The van der Waals surface area contributed by atoms with E-state index in [-0.39, 0.29) is 11.8 Å². The van der Waals surface area contributed by atoms with Crippen LogP contribution in [0.3, 0.4) is 0 Å². The second kappa shape index (κ2) is 7.78. The summed E-state index contributed by atoms with van der Waals surface area (Å²) in [6, 6.07) is 7.51. The first-order valence-corrected chi connectivity index (χ1v) is 9.53. The molecule has 1 aliphatic heterocycles. The van der Waals surface area contributed by atoms with Crippen molar-refractivity contribution in [3.63, 3.8) is 0 Å². The van der Waals surface area contributed by atoms with Gasteiger partial charge in [0.1, 0.15) is 4.88 Å². The Labute approximate surface area is 152 Å². The third kappa shape index (κ3) is 4.07. The molecule has 1 fully saturated rings. The summed E-state index contributed by atoms with van der Waals surface area (Å²) in [5.41, 5.74) is 2.39. The van der Waals surface area contributed by atoms with E-state index in [4.69, 9.17) is 0 Å². The van der Waals surface area contributed by atoms with Crippen molar-refractivity contribution in [2.45, 2.75) is 39.7 Å². The largest absolute Gasteiger partial charge is 0.347 e. The van der Waals surface area contributed by atoms with E-state index in [1.54, 1.807) is 0 Å². The molecule has 5 nitrogen and oxygen atoms in total. The highest BCUT2D eigenvalue weighted by atomic mass is 32.1. The lowest BCUT2D eigenvalue weighted by atomic mass is 10.1. The van der Waals surface area contributed by atoms with Crippen LogP contribution in [-0.4, -0.2) is 34.8 Å². The third-order valence-electron chi connectivity index (χ3n) is 4.37. The fraction of sp³-hybridized carbons (Fsp3) is 0.421. The van der Waals surface area contributed by atoms with Gasteiger partial charge in [-0.05, 0) is 43.9 Å². The molecule has 0 saturated carbocycles. The summed E-state index contributed by atoms with van der Waals surface area (Å²) in [4.78, 5) is 31.8. The highest BCUT2D eigenvalue weighted by Crippen LogP contribution is 2.19. The number of rotatable bonds is 5. The lowest BCUT2D eigenvalue weighted by Crippen LogP contribution is -2.28. The molecule has 6 heteroatoms. The van der Waals surface area contributed by atoms with Gasteiger partial charge in [0.2, 0.25) is 0 Å². The van der Waals surface area contributed by atoms with Gasteiger partial charge < -0.3 is 10.2 Å². The fourth-order valence-electron chi connectivity index (χ4n) is 2.99. The van der Waals surface area contributed by atoms with Gasteiger partial charge in [-0.3, -0.25) is 9.59 Å². The molecule has 3 rings (SSSR count). The summed E-state index contributed by atoms with van der Waals surface area (Å²) in [6.07, 6.45) is 2.99. The molecule has 0 radical (unpaired) electrons. The van der Waals surface area contributed by atoms with Crippen LogP contribution in [0.25, 0.3) is 0 Å². The van der Waals surface area contributed by atoms with E-state index in [0.29, 0.717) is 17.0 Å². The standard InChI is InChI=1S/C19H23N3O2S/c1-3-16-21-13(2)17(25-16)18(23)20-12-14-7-6-8-15(11-14)19(24)22-9-4-5-10-22/h6-8,11H,3-5,9-10,12H2,1-2H3,(H,20,23). The summed E-state index contributed by atoms with van der Waals surface area (Å²) in [7, 11) is 0. The molecule has 1 aliphatic rings. The van der Waals surface area contributed by atoms with E-state index in [1.807, 2.05) is 43.0 Å². The van der Waals surface area contributed by atoms with Crippen LogP contribution in [0.2, 0.25) is 0 Å². The number of likely N-dealkylation sites (tertiary alicyclic amines) is 1. The van der Waals surface area contributed by atoms with Gasteiger partial charge in [-0.2, -0.15) is 0 Å². The molecule has 25 heavy (non-hydrogen) atoms. The molecule has 0 unspecified atom stereocenters. The minimum Gasteiger partial charge on any atom is -0.347 e. The maximum atomic E-state index is 12.5. The maximum Gasteiger partial charge on any atom is 0.263 e. The second-order valence-corrected chi connectivity index (χ2v) is 7.34. The lowest BCUT2D eigenvalue weighted by Gasteiger charge is -2.15. The van der Waals surface area contributed by atoms with Gasteiger partial charge in [0.25, 0.3) is 11.8 Å². The molecule has 2 aromatic rings. The first-order chi connectivity index (χ1) is 12.1. The van der Waals surface area contributed by atoms with Gasteiger partial charge >= 0.3 is 0 Å². The van der Waals surface area contributed by atoms with Gasteiger partial charge in [-0.15, -0.1) is 11.3 Å². The predicted molar refractivity (Wildman–Crippen MR) is 99.0 cm³/mol. The quantitative estimate of drug-likeness (QED) is 0.894. The van der Waals surface area contributed by atoms with Crippen LogP contribution in [0, 0.1) is 6.92 Å². The molecule has 1 saturated heterocycles. The van der Waals surface area contributed by atoms with Crippen LogP contribution in [0.15, 0.2) is 24.3 Å². The van der Waals surface area contributed by atoms with Crippen LogP contribution in [-0.2, 0) is 13.0 Å². The molecule has 2 heterocycles. The topological polar surface area (TPSA) is 62.3 Å². The van der Waals surface area contributed by atoms with Crippen LogP contribution in [0.4, 0.5) is 0 Å². The zero-order valence-electron chi connectivity index (χ0n) is 14.7. The Morgan fingerprint density at radius 3 is 2.72 bits per heavy atom. The lowest BCUT2D eigenvalue weighted by molar-refractivity contribution is 0.0792. The average Bonchev–Trinajstić information content (AvgIpc) is 3.29. The Bertz CT molecular complexity index is 779. The molecule has 1 aromatic heterocycles. The Kier molecular flexibility index (Phi) is 5.48. The highest BCUT2D eigenvalue weighted by Gasteiger charge is 2.19. The number of nitrogens with zero attached hydrogens (tertiary/aromatic N) is 2. The summed E-state index contributed by atoms with van der Waals surface area (Å²) < 4.78 is 0. The summed E-state index contributed by atoms with van der Waals surface area (Å²) in [5.74, 6) is -0.0254. The monoisotopic (exact) mass is 357 g/mol. The Morgan fingerprint density at radius 2 is 2.04 bits per heavy atom. The highest BCUT2D eigenvalue weighted by molar-refractivity contribution is 7.13. The molecule has 0 aliphatic carbocycles. The van der Waals surface area contributed by atoms with E-state index in [9.17, 15) is 9.59 Å². The van der Waals surface area contributed by atoms with Crippen molar-refractivity contribution in [1.29, 1.82) is 0 Å². The van der Waals surface area contributed by atoms with Gasteiger partial charge in [0.05, 0.1) is 10.7 Å². The van der Waals surface area contributed by atoms with E-state index in [0.717, 1.165) is 48.6 Å². The number of carbonyl (C=O) groups is 2. The van der Waals surface area contributed by atoms with Crippen LogP contribution >= 0.6 is 11.3 Å². The molecule has 0 atom stereocenters. The van der Waals surface area contributed by atoms with Crippen molar-refractivity contribution in [3.8, 4) is 0 Å². The number of nitrogens with one attached hydrogen (secondary N) is 1. The Hall–Kier alpha value is -2.21. The summed E-state index contributed by atoms with van der Waals surface area (Å²) in [5, 5.41) is 3.91. The van der Waals surface area contributed by atoms with E-state index in [2.05, 4.69) is 10.3 Å². The maximum absolute atomic E-state index is 12.5. The predicted octanol–water partition coefficient (Wildman–Crippen LogP) is 3.18. The van der Waals surface area contributed by atoms with Crippen LogP contribution in [0.1, 0.15) is 56.1 Å². The van der Waals surface area contributed by atoms with Crippen molar-refractivity contribution in [2.24, 2.45) is 0 Å². The van der Waals surface area contributed by atoms with Crippen molar-refractivity contribution in [2.75, 3.05) is 13.1 Å². The minimum atomic E-state index is -0.106. The number of amides is 2. The van der Waals surface area contributed by atoms with Gasteiger partial charge in [-0.1, -0.05) is 19.1 Å². The van der Waals surface area contributed by atoms with Crippen molar-refractivity contribution in [3.05, 3.63) is 51.0 Å². The summed E-state index contributed by atoms with van der Waals surface area (Å²) >= 11 is 1.44. The van der Waals surface area contributed by atoms with E-state index >= 15 is 0 Å². The number of aromatic nitrogens is 1. The molecule has 132 valence electrons. The molecule has 2 amide bonds. The zero-order chi connectivity index (χ0) is 17.8. The van der Waals surface area contributed by atoms with Gasteiger partial charge in [0, 0.05) is 25.2 Å². The van der Waals surface area contributed by atoms with E-state index in [1.165, 1.54) is 11.3 Å². The molecular formula is C19H23N3O2S. The van der Waals surface area contributed by atoms with Crippen molar-refractivity contribution >= 4 is 23.2 Å².